The zero-order valence-electron chi connectivity index (χ0n) is 18.8. The number of pyridine rings is 1. The lowest BCUT2D eigenvalue weighted by molar-refractivity contribution is 0.0836. The van der Waals surface area contributed by atoms with Crippen LogP contribution in [0, 0.1) is 32.4 Å². The first-order valence-electron chi connectivity index (χ1n) is 10.9. The monoisotopic (exact) mass is 449 g/mol. The molecule has 5 rings (SSSR count). The first-order chi connectivity index (χ1) is 15.9. The summed E-state index contributed by atoms with van der Waals surface area (Å²) in [6, 6.07) is 9.31. The zero-order valence-corrected chi connectivity index (χ0v) is 18.8. The lowest BCUT2D eigenvalue weighted by Gasteiger charge is -2.21. The SMILES string of the molecule is Cc1ccccn1.Cc1nc2nc(C3CCOCC3)nc(-c3ccc(F)cc3F)c2nc1C. The number of rotatable bonds is 2. The number of benzene rings is 1. The van der Waals surface area contributed by atoms with Gasteiger partial charge in [0.05, 0.1) is 11.4 Å². The van der Waals surface area contributed by atoms with E-state index >= 15 is 0 Å². The standard InChI is InChI=1S/C19H18F2N4O.C6H7N/c1-10-11(2)23-19-17(22-10)16(14-4-3-13(20)9-15(14)21)24-18(25-19)12-5-7-26-8-6-12;1-6-4-2-3-5-7-6/h3-4,9,12H,5-8H2,1-2H3;2-5H,1H3. The van der Waals surface area contributed by atoms with Gasteiger partial charge in [-0.1, -0.05) is 6.07 Å². The average Bonchev–Trinajstić information content (AvgIpc) is 2.81. The lowest BCUT2D eigenvalue weighted by Crippen LogP contribution is -2.17. The third-order valence-electron chi connectivity index (χ3n) is 5.55. The Bertz CT molecular complexity index is 1260. The molecule has 0 amide bonds. The van der Waals surface area contributed by atoms with Crippen molar-refractivity contribution in [2.24, 2.45) is 0 Å². The number of fused-ring (bicyclic) bond motifs is 1. The second-order valence-electron chi connectivity index (χ2n) is 7.98. The van der Waals surface area contributed by atoms with Crippen molar-refractivity contribution in [1.82, 2.24) is 24.9 Å². The minimum absolute atomic E-state index is 0.124. The molecule has 1 aromatic carbocycles. The molecule has 4 aromatic rings. The van der Waals surface area contributed by atoms with Gasteiger partial charge in [0.1, 0.15) is 28.7 Å². The van der Waals surface area contributed by atoms with E-state index in [0.717, 1.165) is 36.0 Å². The van der Waals surface area contributed by atoms with Crippen LogP contribution in [0.25, 0.3) is 22.4 Å². The van der Waals surface area contributed by atoms with Crippen LogP contribution in [0.4, 0.5) is 8.78 Å². The number of hydrogen-bond acceptors (Lipinski definition) is 6. The van der Waals surface area contributed by atoms with Crippen molar-refractivity contribution < 1.29 is 13.5 Å². The van der Waals surface area contributed by atoms with Crippen molar-refractivity contribution in [3.8, 4) is 11.3 Å². The third kappa shape index (κ3) is 5.34. The molecule has 33 heavy (non-hydrogen) atoms. The molecule has 0 saturated carbocycles. The Morgan fingerprint density at radius 1 is 0.879 bits per heavy atom. The van der Waals surface area contributed by atoms with Crippen LogP contribution in [0.5, 0.6) is 0 Å². The van der Waals surface area contributed by atoms with Gasteiger partial charge in [-0.15, -0.1) is 0 Å². The predicted octanol–water partition coefficient (Wildman–Crippen LogP) is 5.27. The second kappa shape index (κ2) is 10.0. The largest absolute Gasteiger partial charge is 0.381 e. The molecule has 8 heteroatoms. The highest BCUT2D eigenvalue weighted by Gasteiger charge is 2.23. The molecule has 1 fully saturated rings. The molecule has 0 bridgehead atoms. The predicted molar refractivity (Wildman–Crippen MR) is 122 cm³/mol. The van der Waals surface area contributed by atoms with Crippen LogP contribution in [0.15, 0.2) is 42.6 Å². The van der Waals surface area contributed by atoms with Crippen LogP contribution in [-0.2, 0) is 4.74 Å². The summed E-state index contributed by atoms with van der Waals surface area (Å²) in [6.45, 7) is 6.95. The molecule has 0 aliphatic carbocycles. The Morgan fingerprint density at radius 2 is 1.64 bits per heavy atom. The molecule has 1 saturated heterocycles. The maximum absolute atomic E-state index is 14.4. The van der Waals surface area contributed by atoms with Crippen molar-refractivity contribution in [3.05, 3.63) is 77.1 Å². The van der Waals surface area contributed by atoms with Crippen LogP contribution in [-0.4, -0.2) is 38.1 Å². The van der Waals surface area contributed by atoms with Gasteiger partial charge in [-0.05, 0) is 57.9 Å². The number of nitrogens with zero attached hydrogens (tertiary/aromatic N) is 5. The Balaban J connectivity index is 0.000000318. The van der Waals surface area contributed by atoms with Crippen molar-refractivity contribution >= 4 is 11.2 Å². The van der Waals surface area contributed by atoms with Gasteiger partial charge < -0.3 is 4.74 Å². The minimum atomic E-state index is -0.678. The van der Waals surface area contributed by atoms with Gasteiger partial charge in [0.25, 0.3) is 0 Å². The van der Waals surface area contributed by atoms with Gasteiger partial charge in [-0.25, -0.2) is 28.7 Å². The fourth-order valence-electron chi connectivity index (χ4n) is 3.58. The van der Waals surface area contributed by atoms with E-state index in [-0.39, 0.29) is 11.5 Å². The van der Waals surface area contributed by atoms with Gasteiger partial charge >= 0.3 is 0 Å². The molecule has 4 heterocycles. The smallest absolute Gasteiger partial charge is 0.182 e. The van der Waals surface area contributed by atoms with Crippen LogP contribution in [0.3, 0.4) is 0 Å². The molecule has 0 atom stereocenters. The van der Waals surface area contributed by atoms with E-state index in [0.29, 0.717) is 35.9 Å². The Morgan fingerprint density at radius 3 is 2.27 bits per heavy atom. The highest BCUT2D eigenvalue weighted by Crippen LogP contribution is 2.31. The van der Waals surface area contributed by atoms with Crippen molar-refractivity contribution in [2.75, 3.05) is 13.2 Å². The third-order valence-corrected chi connectivity index (χ3v) is 5.55. The number of ether oxygens (including phenoxy) is 1. The van der Waals surface area contributed by atoms with Crippen LogP contribution >= 0.6 is 0 Å². The molecule has 3 aromatic heterocycles. The molecule has 170 valence electrons. The summed E-state index contributed by atoms with van der Waals surface area (Å²) in [5.74, 6) is -0.578. The summed E-state index contributed by atoms with van der Waals surface area (Å²) >= 11 is 0. The van der Waals surface area contributed by atoms with Crippen molar-refractivity contribution in [2.45, 2.75) is 39.5 Å². The Kier molecular flexibility index (Phi) is 6.93. The fraction of sp³-hybridized carbons (Fsp3) is 0.320. The zero-order chi connectivity index (χ0) is 23.4. The highest BCUT2D eigenvalue weighted by atomic mass is 19.1. The molecule has 1 aliphatic heterocycles. The molecule has 0 radical (unpaired) electrons. The summed E-state index contributed by atoms with van der Waals surface area (Å²) in [4.78, 5) is 22.3. The van der Waals surface area contributed by atoms with Gasteiger partial charge in [0.2, 0.25) is 0 Å². The second-order valence-corrected chi connectivity index (χ2v) is 7.98. The fourth-order valence-corrected chi connectivity index (χ4v) is 3.58. The van der Waals surface area contributed by atoms with E-state index in [1.165, 1.54) is 12.1 Å². The quantitative estimate of drug-likeness (QED) is 0.415. The van der Waals surface area contributed by atoms with Crippen LogP contribution in [0.2, 0.25) is 0 Å². The summed E-state index contributed by atoms with van der Waals surface area (Å²) in [5, 5.41) is 0. The molecule has 6 nitrogen and oxygen atoms in total. The van der Waals surface area contributed by atoms with Gasteiger partial charge in [-0.3, -0.25) is 4.98 Å². The summed E-state index contributed by atoms with van der Waals surface area (Å²) in [5.41, 5.74) is 3.97. The van der Waals surface area contributed by atoms with Crippen LogP contribution in [0.1, 0.15) is 41.7 Å². The van der Waals surface area contributed by atoms with E-state index in [9.17, 15) is 8.78 Å². The summed E-state index contributed by atoms with van der Waals surface area (Å²) in [6.07, 6.45) is 3.39. The highest BCUT2D eigenvalue weighted by molar-refractivity contribution is 5.87. The molecule has 1 aliphatic rings. The Hall–Kier alpha value is -3.39. The number of halogens is 2. The maximum atomic E-state index is 14.4. The molecular formula is C25H25F2N5O. The van der Waals surface area contributed by atoms with Crippen molar-refractivity contribution in [1.29, 1.82) is 0 Å². The number of aryl methyl sites for hydroxylation is 3. The van der Waals surface area contributed by atoms with E-state index in [2.05, 4.69) is 24.9 Å². The topological polar surface area (TPSA) is 73.7 Å². The molecule has 0 unspecified atom stereocenters. The molecule has 0 spiro atoms. The summed E-state index contributed by atoms with van der Waals surface area (Å²) < 4.78 is 33.2. The molecule has 0 N–H and O–H groups in total. The number of aromatic nitrogens is 5. The lowest BCUT2D eigenvalue weighted by atomic mass is 9.99. The first kappa shape index (κ1) is 22.8. The van der Waals surface area contributed by atoms with E-state index < -0.39 is 11.6 Å². The molecular weight excluding hydrogens is 424 g/mol. The normalized spacial score (nSPS) is 14.1. The van der Waals surface area contributed by atoms with Gasteiger partial charge in [0, 0.05) is 42.7 Å². The Labute approximate surface area is 191 Å². The maximum Gasteiger partial charge on any atom is 0.182 e. The minimum Gasteiger partial charge on any atom is -0.381 e. The van der Waals surface area contributed by atoms with Gasteiger partial charge in [-0.2, -0.15) is 0 Å². The van der Waals surface area contributed by atoms with Crippen molar-refractivity contribution in [3.63, 3.8) is 0 Å². The number of hydrogen-bond donors (Lipinski definition) is 0. The summed E-state index contributed by atoms with van der Waals surface area (Å²) in [7, 11) is 0. The van der Waals surface area contributed by atoms with E-state index in [1.807, 2.05) is 39.0 Å². The van der Waals surface area contributed by atoms with Gasteiger partial charge in [0.15, 0.2) is 5.65 Å². The first-order valence-corrected chi connectivity index (χ1v) is 10.9. The van der Waals surface area contributed by atoms with E-state index in [1.54, 1.807) is 6.20 Å². The van der Waals surface area contributed by atoms with Crippen LogP contribution < -0.4 is 0 Å². The van der Waals surface area contributed by atoms with E-state index in [4.69, 9.17) is 4.74 Å². The average molecular weight is 450 g/mol.